The Morgan fingerprint density at radius 2 is 2.31 bits per heavy atom. The normalized spacial score (nSPS) is 20.0. The molecular formula is C19H24N4O2S. The minimum atomic E-state index is -0.000721. The van der Waals surface area contributed by atoms with Crippen molar-refractivity contribution in [3.8, 4) is 5.75 Å². The number of hydrogen-bond donors (Lipinski definition) is 2. The average Bonchev–Trinajstić information content (AvgIpc) is 3.23. The summed E-state index contributed by atoms with van der Waals surface area (Å²) in [6.45, 7) is 2.86. The van der Waals surface area contributed by atoms with Gasteiger partial charge in [0.15, 0.2) is 5.13 Å². The van der Waals surface area contributed by atoms with Crippen molar-refractivity contribution in [3.05, 3.63) is 40.4 Å². The first kappa shape index (κ1) is 17.5. The van der Waals surface area contributed by atoms with E-state index in [1.54, 1.807) is 18.4 Å². The Hall–Kier alpha value is -1.96. The summed E-state index contributed by atoms with van der Waals surface area (Å²) in [4.78, 5) is 20.7. The molecule has 2 heterocycles. The Labute approximate surface area is 157 Å². The highest BCUT2D eigenvalue weighted by Crippen LogP contribution is 2.31. The first-order valence-electron chi connectivity index (χ1n) is 9.10. The number of carbonyl (C=O) groups excluding carboxylic acids is 1. The van der Waals surface area contributed by atoms with Crippen molar-refractivity contribution in [3.63, 3.8) is 0 Å². The second-order valence-electron chi connectivity index (χ2n) is 6.72. The zero-order valence-electron chi connectivity index (χ0n) is 15.0. The number of hydrogen-bond acceptors (Lipinski definition) is 6. The number of nitrogens with one attached hydrogen (secondary N) is 2. The fraction of sp³-hybridized carbons (Fsp3) is 0.474. The van der Waals surface area contributed by atoms with Crippen LogP contribution in [0.15, 0.2) is 24.3 Å². The number of benzene rings is 1. The molecule has 1 atom stereocenters. The van der Waals surface area contributed by atoms with E-state index in [9.17, 15) is 4.79 Å². The van der Waals surface area contributed by atoms with Crippen LogP contribution in [0.4, 0.5) is 5.13 Å². The van der Waals surface area contributed by atoms with Gasteiger partial charge in [-0.3, -0.25) is 9.69 Å². The lowest BCUT2D eigenvalue weighted by molar-refractivity contribution is -0.118. The third-order valence-electron chi connectivity index (χ3n) is 5.04. The fourth-order valence-corrected chi connectivity index (χ4v) is 4.84. The first-order chi connectivity index (χ1) is 12.7. The van der Waals surface area contributed by atoms with Crippen LogP contribution in [-0.2, 0) is 17.6 Å². The van der Waals surface area contributed by atoms with Crippen LogP contribution in [0.1, 0.15) is 28.6 Å². The minimum absolute atomic E-state index is 0.000721. The van der Waals surface area contributed by atoms with Gasteiger partial charge in [0.2, 0.25) is 5.91 Å². The minimum Gasteiger partial charge on any atom is -0.496 e. The maximum absolute atomic E-state index is 12.6. The first-order valence-corrected chi connectivity index (χ1v) is 9.92. The van der Waals surface area contributed by atoms with Gasteiger partial charge in [0, 0.05) is 30.1 Å². The molecule has 138 valence electrons. The van der Waals surface area contributed by atoms with Crippen molar-refractivity contribution in [1.82, 2.24) is 15.2 Å². The molecule has 1 aliphatic carbocycles. The van der Waals surface area contributed by atoms with Crippen molar-refractivity contribution < 1.29 is 9.53 Å². The molecule has 2 aliphatic rings. The van der Waals surface area contributed by atoms with Gasteiger partial charge in [-0.2, -0.15) is 0 Å². The average molecular weight is 372 g/mol. The number of nitrogens with zero attached hydrogens (tertiary/aromatic N) is 2. The van der Waals surface area contributed by atoms with Crippen molar-refractivity contribution in [1.29, 1.82) is 0 Å². The van der Waals surface area contributed by atoms with Gasteiger partial charge in [0.1, 0.15) is 5.75 Å². The number of amides is 1. The number of carbonyl (C=O) groups is 1. The van der Waals surface area contributed by atoms with Crippen molar-refractivity contribution in [2.24, 2.45) is 0 Å². The maximum Gasteiger partial charge on any atom is 0.240 e. The molecule has 1 aliphatic heterocycles. The number of anilines is 1. The fourth-order valence-electron chi connectivity index (χ4n) is 3.77. The van der Waals surface area contributed by atoms with E-state index in [0.29, 0.717) is 6.54 Å². The molecule has 0 saturated carbocycles. The molecule has 2 aromatic rings. The highest BCUT2D eigenvalue weighted by Gasteiger charge is 2.28. The summed E-state index contributed by atoms with van der Waals surface area (Å²) in [5, 5.41) is 7.16. The van der Waals surface area contributed by atoms with Crippen LogP contribution in [0.25, 0.3) is 0 Å². The van der Waals surface area contributed by atoms with Crippen molar-refractivity contribution in [2.45, 2.75) is 25.3 Å². The Bertz CT molecular complexity index is 770. The smallest absolute Gasteiger partial charge is 0.240 e. The van der Waals surface area contributed by atoms with Gasteiger partial charge < -0.3 is 15.4 Å². The molecule has 1 unspecified atom stereocenters. The number of ether oxygens (including phenoxy) is 1. The van der Waals surface area contributed by atoms with Gasteiger partial charge in [-0.15, -0.1) is 11.3 Å². The van der Waals surface area contributed by atoms with Crippen LogP contribution in [0.3, 0.4) is 0 Å². The van der Waals surface area contributed by atoms with E-state index in [0.717, 1.165) is 48.9 Å². The topological polar surface area (TPSA) is 66.5 Å². The largest absolute Gasteiger partial charge is 0.496 e. The van der Waals surface area contributed by atoms with E-state index >= 15 is 0 Å². The molecule has 0 bridgehead atoms. The number of methoxy groups -OCH3 is 1. The Balaban J connectivity index is 1.45. The number of thiazole rings is 1. The molecule has 26 heavy (non-hydrogen) atoms. The molecule has 1 aromatic heterocycles. The number of aryl methyl sites for hydroxylation is 2. The zero-order chi connectivity index (χ0) is 17.9. The van der Waals surface area contributed by atoms with E-state index in [1.165, 1.54) is 17.0 Å². The summed E-state index contributed by atoms with van der Waals surface area (Å²) in [7, 11) is 1.69. The van der Waals surface area contributed by atoms with Crippen molar-refractivity contribution in [2.75, 3.05) is 38.6 Å². The van der Waals surface area contributed by atoms with Gasteiger partial charge in [-0.05, 0) is 25.3 Å². The standard InChI is InChI=1S/C19H24N4O2S/c1-25-16-7-3-2-5-13(16)15-11-20-9-10-23(15)12-18(24)22-19-21-14-6-4-8-17(14)26-19/h2-3,5,7,15,20H,4,6,8-12H2,1H3,(H,21,22,24). The van der Waals surface area contributed by atoms with E-state index in [-0.39, 0.29) is 11.9 Å². The predicted octanol–water partition coefficient (Wildman–Crippen LogP) is 2.23. The van der Waals surface area contributed by atoms with Crippen LogP contribution >= 0.6 is 11.3 Å². The quantitative estimate of drug-likeness (QED) is 0.843. The van der Waals surface area contributed by atoms with E-state index in [2.05, 4.69) is 26.6 Å². The van der Waals surface area contributed by atoms with Crippen LogP contribution in [0, 0.1) is 0 Å². The maximum atomic E-state index is 12.6. The van der Waals surface area contributed by atoms with Crippen molar-refractivity contribution >= 4 is 22.4 Å². The summed E-state index contributed by atoms with van der Waals surface area (Å²) in [5.74, 6) is 0.863. The molecular weight excluding hydrogens is 348 g/mol. The Morgan fingerprint density at radius 3 is 3.15 bits per heavy atom. The predicted molar refractivity (Wildman–Crippen MR) is 103 cm³/mol. The highest BCUT2D eigenvalue weighted by atomic mass is 32.1. The number of rotatable bonds is 5. The molecule has 1 saturated heterocycles. The van der Waals surface area contributed by atoms with E-state index < -0.39 is 0 Å². The number of aromatic nitrogens is 1. The van der Waals surface area contributed by atoms with Gasteiger partial charge in [-0.1, -0.05) is 18.2 Å². The second kappa shape index (κ2) is 7.73. The summed E-state index contributed by atoms with van der Waals surface area (Å²) < 4.78 is 5.52. The Morgan fingerprint density at radius 1 is 1.42 bits per heavy atom. The number of fused-ring (bicyclic) bond motifs is 1. The molecule has 2 N–H and O–H groups in total. The molecule has 0 spiro atoms. The SMILES string of the molecule is COc1ccccc1C1CNCCN1CC(=O)Nc1nc2c(s1)CCC2. The number of para-hydroxylation sites is 1. The van der Waals surface area contributed by atoms with Crippen LogP contribution < -0.4 is 15.4 Å². The lowest BCUT2D eigenvalue weighted by Crippen LogP contribution is -2.48. The molecule has 6 nitrogen and oxygen atoms in total. The Kier molecular flexibility index (Phi) is 5.19. The van der Waals surface area contributed by atoms with Crippen LogP contribution in [0.5, 0.6) is 5.75 Å². The van der Waals surface area contributed by atoms with Gasteiger partial charge in [0.25, 0.3) is 0 Å². The zero-order valence-corrected chi connectivity index (χ0v) is 15.8. The van der Waals surface area contributed by atoms with Gasteiger partial charge in [-0.25, -0.2) is 4.98 Å². The summed E-state index contributed by atoms with van der Waals surface area (Å²) in [6.07, 6.45) is 3.32. The third kappa shape index (κ3) is 3.60. The molecule has 1 aromatic carbocycles. The monoisotopic (exact) mass is 372 g/mol. The summed E-state index contributed by atoms with van der Waals surface area (Å²) in [5.41, 5.74) is 2.28. The third-order valence-corrected chi connectivity index (χ3v) is 6.11. The molecule has 1 fully saturated rings. The molecule has 0 radical (unpaired) electrons. The molecule has 4 rings (SSSR count). The van der Waals surface area contributed by atoms with Gasteiger partial charge in [0.05, 0.1) is 25.4 Å². The second-order valence-corrected chi connectivity index (χ2v) is 7.81. The van der Waals surface area contributed by atoms with Gasteiger partial charge >= 0.3 is 0 Å². The van der Waals surface area contributed by atoms with E-state index in [4.69, 9.17) is 4.74 Å². The lowest BCUT2D eigenvalue weighted by atomic mass is 10.0. The molecule has 7 heteroatoms. The summed E-state index contributed by atoms with van der Waals surface area (Å²) in [6, 6.07) is 8.15. The number of piperazine rings is 1. The van der Waals surface area contributed by atoms with Crippen LogP contribution in [-0.4, -0.2) is 49.1 Å². The lowest BCUT2D eigenvalue weighted by Gasteiger charge is -2.36. The molecule has 1 amide bonds. The summed E-state index contributed by atoms with van der Waals surface area (Å²) >= 11 is 1.62. The van der Waals surface area contributed by atoms with Crippen LogP contribution in [0.2, 0.25) is 0 Å². The highest BCUT2D eigenvalue weighted by molar-refractivity contribution is 7.15. The van der Waals surface area contributed by atoms with E-state index in [1.807, 2.05) is 18.2 Å².